The van der Waals surface area contributed by atoms with Crippen molar-refractivity contribution in [2.45, 2.75) is 25.9 Å². The van der Waals surface area contributed by atoms with Gasteiger partial charge in [-0.3, -0.25) is 4.79 Å². The summed E-state index contributed by atoms with van der Waals surface area (Å²) in [5.74, 6) is 0.322. The van der Waals surface area contributed by atoms with Gasteiger partial charge in [-0.15, -0.1) is 11.3 Å². The number of carbonyl (C=O) groups excluding carboxylic acids is 1. The highest BCUT2D eigenvalue weighted by molar-refractivity contribution is 7.14. The Labute approximate surface area is 132 Å². The maximum Gasteiger partial charge on any atom is 0.273 e. The molecule has 1 saturated heterocycles. The Bertz CT molecular complexity index is 599. The lowest BCUT2D eigenvalue weighted by molar-refractivity contribution is 0.0518. The Hall–Kier alpha value is -1.24. The summed E-state index contributed by atoms with van der Waals surface area (Å²) in [6, 6.07) is 2.02. The van der Waals surface area contributed by atoms with Crippen LogP contribution in [0.3, 0.4) is 0 Å². The summed E-state index contributed by atoms with van der Waals surface area (Å²) in [5.41, 5.74) is 1.62. The first-order valence-corrected chi connectivity index (χ1v) is 8.93. The average Bonchev–Trinajstić information content (AvgIpc) is 3.17. The molecule has 0 radical (unpaired) electrons. The van der Waals surface area contributed by atoms with Gasteiger partial charge in [-0.1, -0.05) is 0 Å². The van der Waals surface area contributed by atoms with Crippen LogP contribution in [0.25, 0.3) is 10.6 Å². The second kappa shape index (κ2) is 6.25. The zero-order valence-corrected chi connectivity index (χ0v) is 13.5. The predicted molar refractivity (Wildman–Crippen MR) is 85.7 cm³/mol. The smallest absolute Gasteiger partial charge is 0.273 e. The lowest BCUT2D eigenvalue weighted by Gasteiger charge is -2.32. The van der Waals surface area contributed by atoms with Crippen LogP contribution < -0.4 is 0 Å². The minimum absolute atomic E-state index is 0.0109. The number of aromatic nitrogens is 1. The molecule has 3 heterocycles. The molecule has 4 nitrogen and oxygen atoms in total. The van der Waals surface area contributed by atoms with Crippen LogP contribution in [0.5, 0.6) is 0 Å². The molecule has 21 heavy (non-hydrogen) atoms. The Balaban J connectivity index is 1.66. The molecule has 3 rings (SSSR count). The van der Waals surface area contributed by atoms with E-state index in [0.717, 1.165) is 23.4 Å². The number of likely N-dealkylation sites (tertiary alicyclic amines) is 1. The molecule has 0 aliphatic carbocycles. The van der Waals surface area contributed by atoms with Crippen molar-refractivity contribution in [3.8, 4) is 10.6 Å². The molecule has 0 spiro atoms. The fourth-order valence-corrected chi connectivity index (χ4v) is 4.14. The van der Waals surface area contributed by atoms with Gasteiger partial charge in [0.05, 0.1) is 6.10 Å². The van der Waals surface area contributed by atoms with Crippen LogP contribution >= 0.6 is 22.7 Å². The quantitative estimate of drug-likeness (QED) is 0.944. The number of amides is 1. The van der Waals surface area contributed by atoms with E-state index in [-0.39, 0.29) is 12.0 Å². The van der Waals surface area contributed by atoms with Crippen molar-refractivity contribution in [2.75, 3.05) is 13.1 Å². The number of carbonyl (C=O) groups is 1. The molecular formula is C15H18N2O2S2. The van der Waals surface area contributed by atoms with Gasteiger partial charge in [0, 0.05) is 29.4 Å². The summed E-state index contributed by atoms with van der Waals surface area (Å²) < 4.78 is 0. The topological polar surface area (TPSA) is 53.4 Å². The number of rotatable bonds is 3. The molecule has 1 amide bonds. The van der Waals surface area contributed by atoms with Crippen molar-refractivity contribution in [1.82, 2.24) is 9.88 Å². The van der Waals surface area contributed by atoms with E-state index < -0.39 is 0 Å². The van der Waals surface area contributed by atoms with Crippen molar-refractivity contribution < 1.29 is 9.90 Å². The number of nitrogens with zero attached hydrogens (tertiary/aromatic N) is 2. The van der Waals surface area contributed by atoms with Gasteiger partial charge in [0.1, 0.15) is 10.7 Å². The van der Waals surface area contributed by atoms with Gasteiger partial charge in [0.2, 0.25) is 0 Å². The van der Waals surface area contributed by atoms with Crippen molar-refractivity contribution in [1.29, 1.82) is 0 Å². The van der Waals surface area contributed by atoms with E-state index in [1.54, 1.807) is 11.3 Å². The summed E-state index contributed by atoms with van der Waals surface area (Å²) in [6.45, 7) is 3.25. The summed E-state index contributed by atoms with van der Waals surface area (Å²) in [7, 11) is 0. The zero-order chi connectivity index (χ0) is 14.8. The number of piperidine rings is 1. The highest BCUT2D eigenvalue weighted by atomic mass is 32.1. The molecule has 6 heteroatoms. The van der Waals surface area contributed by atoms with Gasteiger partial charge in [-0.2, -0.15) is 11.3 Å². The van der Waals surface area contributed by atoms with Crippen LogP contribution in [0.15, 0.2) is 22.2 Å². The van der Waals surface area contributed by atoms with Crippen LogP contribution in [0.4, 0.5) is 0 Å². The minimum atomic E-state index is -0.285. The van der Waals surface area contributed by atoms with Gasteiger partial charge < -0.3 is 10.0 Å². The predicted octanol–water partition coefficient (Wildman–Crippen LogP) is 3.10. The monoisotopic (exact) mass is 322 g/mol. The van der Waals surface area contributed by atoms with Gasteiger partial charge in [0.25, 0.3) is 5.91 Å². The molecule has 1 atom stereocenters. The van der Waals surface area contributed by atoms with E-state index >= 15 is 0 Å². The highest BCUT2D eigenvalue weighted by Crippen LogP contribution is 2.27. The van der Waals surface area contributed by atoms with Crippen molar-refractivity contribution in [3.05, 3.63) is 27.9 Å². The van der Waals surface area contributed by atoms with Crippen molar-refractivity contribution >= 4 is 28.6 Å². The molecule has 2 aromatic heterocycles. The van der Waals surface area contributed by atoms with E-state index in [2.05, 4.69) is 4.98 Å². The molecule has 0 aromatic carbocycles. The van der Waals surface area contributed by atoms with E-state index in [4.69, 9.17) is 0 Å². The molecule has 2 aromatic rings. The van der Waals surface area contributed by atoms with Gasteiger partial charge in [-0.05, 0) is 37.1 Å². The molecule has 112 valence electrons. The van der Waals surface area contributed by atoms with Crippen LogP contribution in [0.1, 0.15) is 30.3 Å². The second-order valence-electron chi connectivity index (χ2n) is 5.42. The van der Waals surface area contributed by atoms with Crippen LogP contribution in [0, 0.1) is 5.92 Å². The lowest BCUT2D eigenvalue weighted by Crippen LogP contribution is -2.40. The largest absolute Gasteiger partial charge is 0.393 e. The third-order valence-corrected chi connectivity index (χ3v) is 5.58. The summed E-state index contributed by atoms with van der Waals surface area (Å²) >= 11 is 3.14. The Morgan fingerprint density at radius 1 is 1.43 bits per heavy atom. The Morgan fingerprint density at radius 2 is 2.19 bits per heavy atom. The van der Waals surface area contributed by atoms with Gasteiger partial charge in [-0.25, -0.2) is 4.98 Å². The van der Waals surface area contributed by atoms with E-state index in [9.17, 15) is 9.90 Å². The fraction of sp³-hybridized carbons (Fsp3) is 0.467. The number of aliphatic hydroxyl groups is 1. The van der Waals surface area contributed by atoms with Crippen LogP contribution in [0.2, 0.25) is 0 Å². The third-order valence-electron chi connectivity index (χ3n) is 4.00. The molecule has 1 N–H and O–H groups in total. The molecule has 0 bridgehead atoms. The first kappa shape index (κ1) is 14.7. The second-order valence-corrected chi connectivity index (χ2v) is 7.06. The van der Waals surface area contributed by atoms with E-state index in [0.29, 0.717) is 24.7 Å². The lowest BCUT2D eigenvalue weighted by atomic mass is 9.92. The minimum Gasteiger partial charge on any atom is -0.393 e. The Kier molecular flexibility index (Phi) is 4.37. The van der Waals surface area contributed by atoms with Gasteiger partial charge in [0.15, 0.2) is 0 Å². The number of hydrogen-bond acceptors (Lipinski definition) is 5. The molecule has 1 aliphatic rings. The summed E-state index contributed by atoms with van der Waals surface area (Å²) in [6.07, 6.45) is 1.45. The maximum atomic E-state index is 12.5. The SMILES string of the molecule is CC(O)C1CCN(C(=O)c2csc(-c3ccsc3)n2)CC1. The molecular weight excluding hydrogens is 304 g/mol. The molecule has 1 fully saturated rings. The number of thiophene rings is 1. The third kappa shape index (κ3) is 3.17. The zero-order valence-electron chi connectivity index (χ0n) is 11.9. The number of hydrogen-bond donors (Lipinski definition) is 1. The summed E-state index contributed by atoms with van der Waals surface area (Å²) in [5, 5.41) is 16.4. The highest BCUT2D eigenvalue weighted by Gasteiger charge is 2.27. The molecule has 1 aliphatic heterocycles. The average molecular weight is 322 g/mol. The van der Waals surface area contributed by atoms with Crippen LogP contribution in [-0.2, 0) is 0 Å². The number of thiazole rings is 1. The van der Waals surface area contributed by atoms with E-state index in [1.807, 2.05) is 34.0 Å². The van der Waals surface area contributed by atoms with Crippen molar-refractivity contribution in [2.24, 2.45) is 5.92 Å². The van der Waals surface area contributed by atoms with E-state index in [1.165, 1.54) is 11.3 Å². The number of aliphatic hydroxyl groups excluding tert-OH is 1. The first-order chi connectivity index (χ1) is 10.1. The van der Waals surface area contributed by atoms with Crippen LogP contribution in [-0.4, -0.2) is 40.1 Å². The normalized spacial score (nSPS) is 17.9. The summed E-state index contributed by atoms with van der Waals surface area (Å²) in [4.78, 5) is 18.8. The van der Waals surface area contributed by atoms with Crippen molar-refractivity contribution in [3.63, 3.8) is 0 Å². The fourth-order valence-electron chi connectivity index (χ4n) is 2.64. The first-order valence-electron chi connectivity index (χ1n) is 7.10. The maximum absolute atomic E-state index is 12.5. The standard InChI is InChI=1S/C15H18N2O2S2/c1-10(18)11-2-5-17(6-3-11)15(19)13-9-21-14(16-13)12-4-7-20-8-12/h4,7-11,18H,2-3,5-6H2,1H3. The Morgan fingerprint density at radius 3 is 2.81 bits per heavy atom. The van der Waals surface area contributed by atoms with Gasteiger partial charge >= 0.3 is 0 Å². The molecule has 1 unspecified atom stereocenters. The molecule has 0 saturated carbocycles.